The fraction of sp³-hybridized carbons (Fsp3) is 0.0625. The Morgan fingerprint density at radius 2 is 1.77 bits per heavy atom. The molecule has 6 heteroatoms. The quantitative estimate of drug-likeness (QED) is 0.802. The zero-order valence-corrected chi connectivity index (χ0v) is 12.2. The molecule has 110 valence electrons. The highest BCUT2D eigenvalue weighted by molar-refractivity contribution is 6.30. The van der Waals surface area contributed by atoms with Crippen LogP contribution in [0.25, 0.3) is 11.5 Å². The lowest BCUT2D eigenvalue weighted by Crippen LogP contribution is -2.23. The van der Waals surface area contributed by atoms with Gasteiger partial charge in [-0.1, -0.05) is 41.9 Å². The molecule has 0 radical (unpaired) electrons. The second-order valence-electron chi connectivity index (χ2n) is 4.59. The summed E-state index contributed by atoms with van der Waals surface area (Å²) in [5.74, 6) is -0.195. The van der Waals surface area contributed by atoms with Crippen molar-refractivity contribution in [3.05, 3.63) is 71.1 Å². The number of hydrogen-bond donors (Lipinski definition) is 1. The van der Waals surface area contributed by atoms with Gasteiger partial charge in [0.1, 0.15) is 0 Å². The standard InChI is InChI=1S/C16H12ClN3O2/c17-13-8-6-12(7-9-13)15-19-20-16(22-15)14(21)18-10-11-4-2-1-3-5-11/h1-9H,10H2,(H,18,21). The second-order valence-corrected chi connectivity index (χ2v) is 5.02. The molecule has 1 N–H and O–H groups in total. The molecule has 0 bridgehead atoms. The van der Waals surface area contributed by atoms with Crippen LogP contribution < -0.4 is 5.32 Å². The Kier molecular flexibility index (Phi) is 4.16. The minimum atomic E-state index is -0.406. The van der Waals surface area contributed by atoms with Crippen molar-refractivity contribution in [1.82, 2.24) is 15.5 Å². The second kappa shape index (κ2) is 6.41. The third-order valence-corrected chi connectivity index (χ3v) is 3.26. The molecule has 0 aliphatic carbocycles. The van der Waals surface area contributed by atoms with E-state index < -0.39 is 5.91 Å². The average molecular weight is 314 g/mol. The molecule has 1 amide bonds. The van der Waals surface area contributed by atoms with E-state index in [9.17, 15) is 4.79 Å². The van der Waals surface area contributed by atoms with E-state index in [1.165, 1.54) is 0 Å². The van der Waals surface area contributed by atoms with E-state index >= 15 is 0 Å². The first-order valence-electron chi connectivity index (χ1n) is 6.64. The van der Waals surface area contributed by atoms with Crippen molar-refractivity contribution in [2.24, 2.45) is 0 Å². The van der Waals surface area contributed by atoms with Gasteiger partial charge in [0.25, 0.3) is 0 Å². The predicted molar refractivity (Wildman–Crippen MR) is 82.4 cm³/mol. The Hall–Kier alpha value is -2.66. The number of aromatic nitrogens is 2. The maximum absolute atomic E-state index is 12.0. The highest BCUT2D eigenvalue weighted by Gasteiger charge is 2.15. The fourth-order valence-electron chi connectivity index (χ4n) is 1.88. The van der Waals surface area contributed by atoms with Crippen LogP contribution in [0.5, 0.6) is 0 Å². The Morgan fingerprint density at radius 3 is 2.50 bits per heavy atom. The molecule has 0 saturated heterocycles. The van der Waals surface area contributed by atoms with Gasteiger partial charge in [-0.3, -0.25) is 4.79 Å². The summed E-state index contributed by atoms with van der Waals surface area (Å²) < 4.78 is 5.38. The number of benzene rings is 2. The number of halogens is 1. The van der Waals surface area contributed by atoms with E-state index in [2.05, 4.69) is 15.5 Å². The zero-order chi connectivity index (χ0) is 15.4. The number of hydrogen-bond acceptors (Lipinski definition) is 4. The summed E-state index contributed by atoms with van der Waals surface area (Å²) in [4.78, 5) is 12.0. The fourth-order valence-corrected chi connectivity index (χ4v) is 2.00. The average Bonchev–Trinajstić information content (AvgIpc) is 3.04. The van der Waals surface area contributed by atoms with E-state index in [0.717, 1.165) is 5.56 Å². The third kappa shape index (κ3) is 3.32. The summed E-state index contributed by atoms with van der Waals surface area (Å²) in [7, 11) is 0. The van der Waals surface area contributed by atoms with E-state index in [0.29, 0.717) is 17.1 Å². The van der Waals surface area contributed by atoms with Crippen LogP contribution in [0.15, 0.2) is 59.0 Å². The molecule has 1 aromatic heterocycles. The molecule has 3 rings (SSSR count). The van der Waals surface area contributed by atoms with Gasteiger partial charge in [-0.25, -0.2) is 0 Å². The van der Waals surface area contributed by atoms with Gasteiger partial charge in [-0.2, -0.15) is 0 Å². The lowest BCUT2D eigenvalue weighted by atomic mass is 10.2. The first-order valence-corrected chi connectivity index (χ1v) is 7.02. The van der Waals surface area contributed by atoms with Gasteiger partial charge >= 0.3 is 11.8 Å². The van der Waals surface area contributed by atoms with Crippen LogP contribution in [0.4, 0.5) is 0 Å². The summed E-state index contributed by atoms with van der Waals surface area (Å²) >= 11 is 5.82. The normalized spacial score (nSPS) is 10.4. The molecular formula is C16H12ClN3O2. The van der Waals surface area contributed by atoms with Crippen molar-refractivity contribution < 1.29 is 9.21 Å². The highest BCUT2D eigenvalue weighted by Crippen LogP contribution is 2.20. The molecule has 0 unspecified atom stereocenters. The summed E-state index contributed by atoms with van der Waals surface area (Å²) in [5, 5.41) is 11.0. The van der Waals surface area contributed by atoms with E-state index in [1.54, 1.807) is 24.3 Å². The smallest absolute Gasteiger partial charge is 0.309 e. The van der Waals surface area contributed by atoms with Crippen molar-refractivity contribution >= 4 is 17.5 Å². The number of amides is 1. The predicted octanol–water partition coefficient (Wildman–Crippen LogP) is 3.32. The number of rotatable bonds is 4. The minimum absolute atomic E-state index is 0.0686. The number of nitrogens with one attached hydrogen (secondary N) is 1. The topological polar surface area (TPSA) is 68.0 Å². The van der Waals surface area contributed by atoms with Crippen LogP contribution in [-0.4, -0.2) is 16.1 Å². The number of carbonyl (C=O) groups is 1. The maximum atomic E-state index is 12.0. The monoisotopic (exact) mass is 313 g/mol. The Bertz CT molecular complexity index is 770. The van der Waals surface area contributed by atoms with Crippen LogP contribution in [0.1, 0.15) is 16.2 Å². The van der Waals surface area contributed by atoms with Crippen LogP contribution >= 0.6 is 11.6 Å². The molecule has 0 saturated carbocycles. The first kappa shape index (κ1) is 14.3. The molecule has 22 heavy (non-hydrogen) atoms. The molecule has 2 aromatic carbocycles. The van der Waals surface area contributed by atoms with Crippen molar-refractivity contribution in [3.8, 4) is 11.5 Å². The molecule has 1 heterocycles. The molecule has 0 spiro atoms. The van der Waals surface area contributed by atoms with Gasteiger partial charge in [-0.15, -0.1) is 10.2 Å². The lowest BCUT2D eigenvalue weighted by molar-refractivity contribution is 0.0917. The number of nitrogens with zero attached hydrogens (tertiary/aromatic N) is 2. The van der Waals surface area contributed by atoms with Crippen molar-refractivity contribution in [2.75, 3.05) is 0 Å². The highest BCUT2D eigenvalue weighted by atomic mass is 35.5. The molecule has 5 nitrogen and oxygen atoms in total. The summed E-state index contributed by atoms with van der Waals surface area (Å²) in [6, 6.07) is 16.5. The van der Waals surface area contributed by atoms with E-state index in [4.69, 9.17) is 16.0 Å². The van der Waals surface area contributed by atoms with Crippen molar-refractivity contribution in [3.63, 3.8) is 0 Å². The Labute approximate surface area is 131 Å². The molecule has 0 fully saturated rings. The Balaban J connectivity index is 1.68. The van der Waals surface area contributed by atoms with Gasteiger partial charge in [0.15, 0.2) is 0 Å². The summed E-state index contributed by atoms with van der Waals surface area (Å²) in [5.41, 5.74) is 1.70. The minimum Gasteiger partial charge on any atom is -0.412 e. The van der Waals surface area contributed by atoms with Crippen LogP contribution in [0.3, 0.4) is 0 Å². The van der Waals surface area contributed by atoms with Crippen LogP contribution in [-0.2, 0) is 6.54 Å². The number of carbonyl (C=O) groups excluding carboxylic acids is 1. The van der Waals surface area contributed by atoms with Crippen molar-refractivity contribution in [1.29, 1.82) is 0 Å². The van der Waals surface area contributed by atoms with Gasteiger partial charge < -0.3 is 9.73 Å². The van der Waals surface area contributed by atoms with Gasteiger partial charge in [0.05, 0.1) is 0 Å². The van der Waals surface area contributed by atoms with Crippen LogP contribution in [0, 0.1) is 0 Å². The SMILES string of the molecule is O=C(NCc1ccccc1)c1nnc(-c2ccc(Cl)cc2)o1. The largest absolute Gasteiger partial charge is 0.412 e. The van der Waals surface area contributed by atoms with Gasteiger partial charge in [0, 0.05) is 17.1 Å². The first-order chi connectivity index (χ1) is 10.7. The Morgan fingerprint density at radius 1 is 1.05 bits per heavy atom. The molecule has 0 aliphatic heterocycles. The zero-order valence-electron chi connectivity index (χ0n) is 11.5. The van der Waals surface area contributed by atoms with E-state index in [1.807, 2.05) is 30.3 Å². The molecular weight excluding hydrogens is 302 g/mol. The van der Waals surface area contributed by atoms with E-state index in [-0.39, 0.29) is 11.8 Å². The molecule has 3 aromatic rings. The van der Waals surface area contributed by atoms with Gasteiger partial charge in [0.2, 0.25) is 5.89 Å². The molecule has 0 aliphatic rings. The van der Waals surface area contributed by atoms with Gasteiger partial charge in [-0.05, 0) is 29.8 Å². The lowest BCUT2D eigenvalue weighted by Gasteiger charge is -2.01. The maximum Gasteiger partial charge on any atom is 0.309 e. The van der Waals surface area contributed by atoms with Crippen LogP contribution in [0.2, 0.25) is 5.02 Å². The third-order valence-electron chi connectivity index (χ3n) is 3.01. The summed E-state index contributed by atoms with van der Waals surface area (Å²) in [6.45, 7) is 0.401. The molecule has 0 atom stereocenters. The van der Waals surface area contributed by atoms with Crippen molar-refractivity contribution in [2.45, 2.75) is 6.54 Å². The summed E-state index contributed by atoms with van der Waals surface area (Å²) in [6.07, 6.45) is 0.